The summed E-state index contributed by atoms with van der Waals surface area (Å²) in [6, 6.07) is 2.12. The Morgan fingerprint density at radius 3 is 2.77 bits per heavy atom. The second-order valence-corrected chi connectivity index (χ2v) is 8.37. The number of ether oxygens (including phenoxy) is 2. The molecule has 0 aromatic carbocycles. The molecule has 1 aliphatic rings. The van der Waals surface area contributed by atoms with E-state index < -0.39 is 0 Å². The number of carbonyl (C=O) groups is 2. The predicted molar refractivity (Wildman–Crippen MR) is 122 cm³/mol. The molecule has 1 heterocycles. The van der Waals surface area contributed by atoms with Crippen molar-refractivity contribution in [3.05, 3.63) is 59.1 Å². The van der Waals surface area contributed by atoms with Crippen LogP contribution in [0.4, 0.5) is 0 Å². The number of carbonyl (C=O) groups excluding carboxylic acids is 2. The van der Waals surface area contributed by atoms with Gasteiger partial charge in [0.15, 0.2) is 0 Å². The second-order valence-electron chi connectivity index (χ2n) is 8.37. The van der Waals surface area contributed by atoms with Crippen LogP contribution < -0.4 is 0 Å². The van der Waals surface area contributed by atoms with Crippen molar-refractivity contribution in [2.45, 2.75) is 72.1 Å². The van der Waals surface area contributed by atoms with Crippen LogP contribution in [-0.2, 0) is 31.9 Å². The molecule has 1 aromatic rings. The Morgan fingerprint density at radius 1 is 1.23 bits per heavy atom. The molecule has 1 aromatic heterocycles. The first kappa shape index (κ1) is 24.7. The molecule has 1 unspecified atom stereocenters. The third-order valence-corrected chi connectivity index (χ3v) is 5.50. The van der Waals surface area contributed by atoms with E-state index >= 15 is 0 Å². The first-order valence-corrected chi connectivity index (χ1v) is 11.2. The van der Waals surface area contributed by atoms with Crippen LogP contribution >= 0.6 is 0 Å². The third kappa shape index (κ3) is 9.41. The lowest BCUT2D eigenvalue weighted by Crippen LogP contribution is -2.13. The maximum Gasteiger partial charge on any atom is 0.306 e. The van der Waals surface area contributed by atoms with Crippen molar-refractivity contribution in [3.63, 3.8) is 0 Å². The van der Waals surface area contributed by atoms with E-state index in [9.17, 15) is 9.59 Å². The SMILES string of the molecule is C=C(COC(=O)CCC)C1C/C=C(\C)Cc2cc(co2)CC/C=C(/COC(C)=O)CC1. The summed E-state index contributed by atoms with van der Waals surface area (Å²) in [7, 11) is 0. The van der Waals surface area contributed by atoms with E-state index in [0.29, 0.717) is 13.0 Å². The molecule has 0 aliphatic heterocycles. The smallest absolute Gasteiger partial charge is 0.306 e. The van der Waals surface area contributed by atoms with Crippen molar-refractivity contribution < 1.29 is 23.5 Å². The van der Waals surface area contributed by atoms with Crippen molar-refractivity contribution in [2.24, 2.45) is 5.92 Å². The van der Waals surface area contributed by atoms with Crippen molar-refractivity contribution in [1.82, 2.24) is 0 Å². The standard InChI is InChI=1S/C26H36O5/c1-5-7-26(28)31-16-20(3)24-12-10-19(2)14-25-15-23(18-30-25)9-6-8-22(11-13-24)17-29-21(4)27/h8,10,15,18,24H,3,5-7,9,11-14,16-17H2,1-2,4H3/b19-10+,22-8+. The molecular weight excluding hydrogens is 392 g/mol. The van der Waals surface area contributed by atoms with Gasteiger partial charge in [-0.05, 0) is 74.1 Å². The Kier molecular flexibility index (Phi) is 10.3. The fourth-order valence-corrected chi connectivity index (χ4v) is 3.63. The third-order valence-electron chi connectivity index (χ3n) is 5.50. The Balaban J connectivity index is 2.15. The fraction of sp³-hybridized carbons (Fsp3) is 0.538. The minimum Gasteiger partial charge on any atom is -0.469 e. The van der Waals surface area contributed by atoms with Crippen LogP contribution in [0, 0.1) is 5.92 Å². The maximum atomic E-state index is 11.8. The van der Waals surface area contributed by atoms with Crippen LogP contribution in [0.1, 0.15) is 70.6 Å². The quantitative estimate of drug-likeness (QED) is 0.400. The van der Waals surface area contributed by atoms with Gasteiger partial charge in [-0.2, -0.15) is 0 Å². The van der Waals surface area contributed by atoms with E-state index in [2.05, 4.69) is 31.7 Å². The summed E-state index contributed by atoms with van der Waals surface area (Å²) in [6.07, 6.45) is 12.5. The fourth-order valence-electron chi connectivity index (χ4n) is 3.63. The van der Waals surface area contributed by atoms with Gasteiger partial charge in [-0.3, -0.25) is 9.59 Å². The summed E-state index contributed by atoms with van der Waals surface area (Å²) in [5, 5.41) is 0. The molecule has 170 valence electrons. The highest BCUT2D eigenvalue weighted by Crippen LogP contribution is 2.26. The number of aryl methyl sites for hydroxylation is 1. The molecule has 0 spiro atoms. The van der Waals surface area contributed by atoms with E-state index in [1.54, 1.807) is 0 Å². The summed E-state index contributed by atoms with van der Waals surface area (Å²) in [6.45, 7) is 10.3. The largest absolute Gasteiger partial charge is 0.469 e. The Morgan fingerprint density at radius 2 is 2.03 bits per heavy atom. The van der Waals surface area contributed by atoms with Crippen molar-refractivity contribution >= 4 is 11.9 Å². The molecule has 0 amide bonds. The van der Waals surface area contributed by atoms with Crippen LogP contribution in [-0.4, -0.2) is 25.2 Å². The van der Waals surface area contributed by atoms with Gasteiger partial charge in [0.1, 0.15) is 19.0 Å². The molecular formula is C26H36O5. The van der Waals surface area contributed by atoms with Crippen LogP contribution in [0.3, 0.4) is 0 Å². The predicted octanol–water partition coefficient (Wildman–Crippen LogP) is 5.89. The summed E-state index contributed by atoms with van der Waals surface area (Å²) in [4.78, 5) is 23.1. The van der Waals surface area contributed by atoms with Gasteiger partial charge in [-0.1, -0.05) is 31.2 Å². The summed E-state index contributed by atoms with van der Waals surface area (Å²) in [5.41, 5.74) is 4.46. The number of furan rings is 1. The van der Waals surface area contributed by atoms with Crippen molar-refractivity contribution in [3.8, 4) is 0 Å². The van der Waals surface area contributed by atoms with Gasteiger partial charge in [0.25, 0.3) is 0 Å². The van der Waals surface area contributed by atoms with Gasteiger partial charge in [0, 0.05) is 19.8 Å². The highest BCUT2D eigenvalue weighted by molar-refractivity contribution is 5.69. The summed E-state index contributed by atoms with van der Waals surface area (Å²) in [5.74, 6) is 0.691. The topological polar surface area (TPSA) is 65.7 Å². The van der Waals surface area contributed by atoms with E-state index in [1.165, 1.54) is 18.1 Å². The van der Waals surface area contributed by atoms with Gasteiger partial charge in [0.05, 0.1) is 6.26 Å². The van der Waals surface area contributed by atoms with E-state index in [1.807, 2.05) is 13.2 Å². The van der Waals surface area contributed by atoms with Gasteiger partial charge in [-0.15, -0.1) is 0 Å². The zero-order chi connectivity index (χ0) is 22.6. The monoisotopic (exact) mass is 428 g/mol. The molecule has 0 radical (unpaired) electrons. The van der Waals surface area contributed by atoms with Crippen LogP contribution in [0.5, 0.6) is 0 Å². The molecule has 0 saturated carbocycles. The Hall–Kier alpha value is -2.56. The molecule has 2 rings (SSSR count). The van der Waals surface area contributed by atoms with E-state index in [-0.39, 0.29) is 24.5 Å². The number of fused-ring (bicyclic) bond motifs is 2. The first-order chi connectivity index (χ1) is 14.9. The van der Waals surface area contributed by atoms with Crippen LogP contribution in [0.15, 0.2) is 52.2 Å². The van der Waals surface area contributed by atoms with Gasteiger partial charge in [-0.25, -0.2) is 0 Å². The highest BCUT2D eigenvalue weighted by Gasteiger charge is 2.16. The Bertz CT molecular complexity index is 812. The molecule has 1 aliphatic carbocycles. The van der Waals surface area contributed by atoms with E-state index in [4.69, 9.17) is 13.9 Å². The molecule has 31 heavy (non-hydrogen) atoms. The average Bonchev–Trinajstić information content (AvgIpc) is 3.16. The lowest BCUT2D eigenvalue weighted by molar-refractivity contribution is -0.143. The summed E-state index contributed by atoms with van der Waals surface area (Å²) >= 11 is 0. The minimum absolute atomic E-state index is 0.180. The highest BCUT2D eigenvalue weighted by atomic mass is 16.5. The molecule has 2 bridgehead atoms. The van der Waals surface area contributed by atoms with Gasteiger partial charge < -0.3 is 13.9 Å². The molecule has 0 N–H and O–H groups in total. The normalized spacial score (nSPS) is 21.1. The van der Waals surface area contributed by atoms with Crippen LogP contribution in [0.2, 0.25) is 0 Å². The maximum absolute atomic E-state index is 11.8. The number of allylic oxidation sites excluding steroid dienone is 3. The zero-order valence-electron chi connectivity index (χ0n) is 19.2. The number of hydrogen-bond acceptors (Lipinski definition) is 5. The number of hydrogen-bond donors (Lipinski definition) is 0. The van der Waals surface area contributed by atoms with Gasteiger partial charge >= 0.3 is 11.9 Å². The lowest BCUT2D eigenvalue weighted by atomic mass is 9.89. The second kappa shape index (κ2) is 13.0. The van der Waals surface area contributed by atoms with Crippen LogP contribution in [0.25, 0.3) is 0 Å². The van der Waals surface area contributed by atoms with Crippen molar-refractivity contribution in [2.75, 3.05) is 13.2 Å². The van der Waals surface area contributed by atoms with E-state index in [0.717, 1.165) is 61.9 Å². The zero-order valence-corrected chi connectivity index (χ0v) is 19.2. The Labute approximate surface area is 186 Å². The molecule has 0 saturated heterocycles. The first-order valence-electron chi connectivity index (χ1n) is 11.2. The summed E-state index contributed by atoms with van der Waals surface area (Å²) < 4.78 is 16.4. The molecule has 1 atom stereocenters. The van der Waals surface area contributed by atoms with Gasteiger partial charge in [0.2, 0.25) is 0 Å². The minimum atomic E-state index is -0.276. The molecule has 5 nitrogen and oxygen atoms in total. The number of rotatable bonds is 7. The van der Waals surface area contributed by atoms with Crippen molar-refractivity contribution in [1.29, 1.82) is 0 Å². The molecule has 5 heteroatoms. The number of esters is 2. The molecule has 0 fully saturated rings. The lowest BCUT2D eigenvalue weighted by Gasteiger charge is -2.20. The average molecular weight is 429 g/mol.